The largest absolute Gasteiger partial charge is 0.496 e. The summed E-state index contributed by atoms with van der Waals surface area (Å²) in [6.07, 6.45) is 1.20. The van der Waals surface area contributed by atoms with Gasteiger partial charge in [-0.25, -0.2) is 18.4 Å². The summed E-state index contributed by atoms with van der Waals surface area (Å²) in [4.78, 5) is 9.76. The van der Waals surface area contributed by atoms with E-state index in [2.05, 4.69) is 0 Å². The molecule has 0 radical (unpaired) electrons. The average molecular weight is 430 g/mol. The molecule has 3 aromatic carbocycles. The number of nitrogens with zero attached hydrogens (tertiary/aromatic N) is 3. The fraction of sp³-hybridized carbons (Fsp3) is 0.0833. The van der Waals surface area contributed by atoms with Crippen LogP contribution in [0.4, 0.5) is 0 Å². The lowest BCUT2D eigenvalue weighted by atomic mass is 10.1. The first kappa shape index (κ1) is 19.3. The predicted molar refractivity (Wildman–Crippen MR) is 121 cm³/mol. The van der Waals surface area contributed by atoms with Crippen LogP contribution in [-0.2, 0) is 9.84 Å². The third-order valence-corrected chi connectivity index (χ3v) is 6.37. The van der Waals surface area contributed by atoms with Gasteiger partial charge in [0.15, 0.2) is 9.84 Å². The second-order valence-electron chi connectivity index (χ2n) is 7.26. The molecule has 0 unspecified atom stereocenters. The summed E-state index contributed by atoms with van der Waals surface area (Å²) in [5.41, 5.74) is 5.09. The molecule has 0 atom stereocenters. The van der Waals surface area contributed by atoms with E-state index in [9.17, 15) is 8.42 Å². The van der Waals surface area contributed by atoms with Gasteiger partial charge in [0.05, 0.1) is 34.4 Å². The summed E-state index contributed by atoms with van der Waals surface area (Å²) in [7, 11) is -1.62. The summed E-state index contributed by atoms with van der Waals surface area (Å²) in [5.74, 6) is 1.30. The highest BCUT2D eigenvalue weighted by molar-refractivity contribution is 7.90. The van der Waals surface area contributed by atoms with E-state index in [1.807, 2.05) is 59.0 Å². The molecular weight excluding hydrogens is 410 g/mol. The van der Waals surface area contributed by atoms with Crippen LogP contribution in [0.5, 0.6) is 5.75 Å². The Morgan fingerprint density at radius 2 is 1.58 bits per heavy atom. The van der Waals surface area contributed by atoms with E-state index in [1.165, 1.54) is 6.26 Å². The van der Waals surface area contributed by atoms with Gasteiger partial charge >= 0.3 is 0 Å². The molecule has 0 aliphatic heterocycles. The molecule has 0 saturated carbocycles. The minimum absolute atomic E-state index is 0.272. The van der Waals surface area contributed by atoms with Crippen LogP contribution in [0.3, 0.4) is 0 Å². The number of ether oxygens (including phenoxy) is 1. The Hall–Kier alpha value is -3.71. The minimum atomic E-state index is -3.27. The molecular formula is C24H19N3O3S. The number of imidazole rings is 1. The number of methoxy groups -OCH3 is 1. The van der Waals surface area contributed by atoms with Gasteiger partial charge in [-0.1, -0.05) is 36.4 Å². The van der Waals surface area contributed by atoms with Crippen LogP contribution in [-0.4, -0.2) is 36.2 Å². The maximum atomic E-state index is 11.8. The third kappa shape index (κ3) is 3.33. The van der Waals surface area contributed by atoms with Crippen LogP contribution in [0.15, 0.2) is 83.8 Å². The van der Waals surface area contributed by atoms with E-state index in [-0.39, 0.29) is 4.90 Å². The molecule has 154 valence electrons. The quantitative estimate of drug-likeness (QED) is 0.416. The van der Waals surface area contributed by atoms with E-state index in [0.717, 1.165) is 33.6 Å². The number of rotatable bonds is 4. The second kappa shape index (κ2) is 7.21. The Morgan fingerprint density at radius 3 is 2.32 bits per heavy atom. The van der Waals surface area contributed by atoms with Gasteiger partial charge in [-0.3, -0.25) is 4.40 Å². The van der Waals surface area contributed by atoms with Crippen molar-refractivity contribution in [2.24, 2.45) is 0 Å². The van der Waals surface area contributed by atoms with Crippen molar-refractivity contribution in [3.8, 4) is 28.3 Å². The molecule has 0 bridgehead atoms. The summed E-state index contributed by atoms with van der Waals surface area (Å²) < 4.78 is 31.3. The molecule has 6 nitrogen and oxygen atoms in total. The van der Waals surface area contributed by atoms with Gasteiger partial charge in [0.25, 0.3) is 0 Å². The normalized spacial score (nSPS) is 11.8. The smallest absolute Gasteiger partial charge is 0.235 e. The highest BCUT2D eigenvalue weighted by Gasteiger charge is 2.17. The van der Waals surface area contributed by atoms with Gasteiger partial charge in [-0.05, 0) is 42.5 Å². The van der Waals surface area contributed by atoms with Gasteiger partial charge in [-0.15, -0.1) is 0 Å². The van der Waals surface area contributed by atoms with Gasteiger partial charge < -0.3 is 4.74 Å². The Morgan fingerprint density at radius 1 is 0.871 bits per heavy atom. The van der Waals surface area contributed by atoms with Crippen LogP contribution in [0, 0.1) is 0 Å². The molecule has 7 heteroatoms. The minimum Gasteiger partial charge on any atom is -0.496 e. The molecule has 5 rings (SSSR count). The van der Waals surface area contributed by atoms with Crippen molar-refractivity contribution in [3.63, 3.8) is 0 Å². The predicted octanol–water partition coefficient (Wildman–Crippen LogP) is 4.63. The SMILES string of the molecule is COc1ccccc1-c1cc(-c2ccc(S(C)(=O)=O)cc2)nc2nc3ccccc3n12. The highest BCUT2D eigenvalue weighted by Crippen LogP contribution is 2.34. The molecule has 0 aliphatic rings. The molecule has 0 amide bonds. The number of fused-ring (bicyclic) bond motifs is 3. The first-order valence-electron chi connectivity index (χ1n) is 9.68. The molecule has 2 heterocycles. The first-order valence-corrected chi connectivity index (χ1v) is 11.6. The molecule has 0 saturated heterocycles. The van der Waals surface area contributed by atoms with E-state index in [4.69, 9.17) is 14.7 Å². The summed E-state index contributed by atoms with van der Waals surface area (Å²) in [5, 5.41) is 0. The monoisotopic (exact) mass is 429 g/mol. The number of sulfone groups is 1. The lowest BCUT2D eigenvalue weighted by Crippen LogP contribution is -2.00. The highest BCUT2D eigenvalue weighted by atomic mass is 32.2. The summed E-state index contributed by atoms with van der Waals surface area (Å²) >= 11 is 0. The maximum absolute atomic E-state index is 11.8. The number of benzene rings is 3. The summed E-state index contributed by atoms with van der Waals surface area (Å²) in [6, 6.07) is 24.4. The van der Waals surface area contributed by atoms with Crippen molar-refractivity contribution in [1.82, 2.24) is 14.4 Å². The molecule has 5 aromatic rings. The lowest BCUT2D eigenvalue weighted by molar-refractivity contribution is 0.416. The molecule has 0 fully saturated rings. The average Bonchev–Trinajstić information content (AvgIpc) is 3.16. The van der Waals surface area contributed by atoms with Crippen molar-refractivity contribution in [1.29, 1.82) is 0 Å². The van der Waals surface area contributed by atoms with E-state index < -0.39 is 9.84 Å². The van der Waals surface area contributed by atoms with Crippen LogP contribution >= 0.6 is 0 Å². The van der Waals surface area contributed by atoms with Crippen molar-refractivity contribution >= 4 is 26.6 Å². The van der Waals surface area contributed by atoms with Crippen molar-refractivity contribution in [2.45, 2.75) is 4.90 Å². The van der Waals surface area contributed by atoms with Crippen LogP contribution in [0.1, 0.15) is 0 Å². The Labute approximate surface area is 179 Å². The molecule has 2 aromatic heterocycles. The van der Waals surface area contributed by atoms with E-state index in [0.29, 0.717) is 11.5 Å². The molecule has 0 spiro atoms. The first-order chi connectivity index (χ1) is 15.0. The second-order valence-corrected chi connectivity index (χ2v) is 9.28. The lowest BCUT2D eigenvalue weighted by Gasteiger charge is -2.13. The third-order valence-electron chi connectivity index (χ3n) is 5.24. The van der Waals surface area contributed by atoms with Crippen molar-refractivity contribution in [3.05, 3.63) is 78.9 Å². The fourth-order valence-electron chi connectivity index (χ4n) is 3.74. The maximum Gasteiger partial charge on any atom is 0.235 e. The van der Waals surface area contributed by atoms with Gasteiger partial charge in [0.1, 0.15) is 5.75 Å². The van der Waals surface area contributed by atoms with Crippen LogP contribution in [0.2, 0.25) is 0 Å². The van der Waals surface area contributed by atoms with E-state index in [1.54, 1.807) is 31.4 Å². The van der Waals surface area contributed by atoms with Crippen molar-refractivity contribution < 1.29 is 13.2 Å². The molecule has 31 heavy (non-hydrogen) atoms. The zero-order chi connectivity index (χ0) is 21.6. The Kier molecular flexibility index (Phi) is 4.48. The Balaban J connectivity index is 1.81. The van der Waals surface area contributed by atoms with E-state index >= 15 is 0 Å². The number of hydrogen-bond acceptors (Lipinski definition) is 5. The number of para-hydroxylation sites is 3. The topological polar surface area (TPSA) is 73.6 Å². The number of hydrogen-bond donors (Lipinski definition) is 0. The zero-order valence-corrected chi connectivity index (χ0v) is 17.8. The molecule has 0 N–H and O–H groups in total. The number of aromatic nitrogens is 3. The fourth-order valence-corrected chi connectivity index (χ4v) is 4.37. The zero-order valence-electron chi connectivity index (χ0n) is 17.0. The van der Waals surface area contributed by atoms with Crippen LogP contribution in [0.25, 0.3) is 39.3 Å². The van der Waals surface area contributed by atoms with Crippen molar-refractivity contribution in [2.75, 3.05) is 13.4 Å². The van der Waals surface area contributed by atoms with Gasteiger partial charge in [-0.2, -0.15) is 0 Å². The van der Waals surface area contributed by atoms with Crippen LogP contribution < -0.4 is 4.74 Å². The van der Waals surface area contributed by atoms with Gasteiger partial charge in [0.2, 0.25) is 5.78 Å². The molecule has 0 aliphatic carbocycles. The standard InChI is InChI=1S/C24H19N3O3S/c1-30-23-10-6-3-7-18(23)22-15-20(16-11-13-17(14-12-16)31(2,28)29)26-24-25-19-8-4-5-9-21(19)27(22)24/h3-15H,1-2H3. The summed E-state index contributed by atoms with van der Waals surface area (Å²) in [6.45, 7) is 0. The van der Waals surface area contributed by atoms with Gasteiger partial charge in [0, 0.05) is 17.4 Å². The Bertz CT molecular complexity index is 1540.